The molecule has 9 nitrogen and oxygen atoms in total. The Labute approximate surface area is 217 Å². The average Bonchev–Trinajstić information content (AvgIpc) is 2.92. The van der Waals surface area contributed by atoms with Gasteiger partial charge < -0.3 is 29.3 Å². The van der Waals surface area contributed by atoms with Crippen molar-refractivity contribution in [3.63, 3.8) is 0 Å². The number of methoxy groups -OCH3 is 3. The molecule has 2 heterocycles. The Morgan fingerprint density at radius 3 is 2.14 bits per heavy atom. The van der Waals surface area contributed by atoms with Crippen LogP contribution < -0.4 is 24.4 Å². The molecule has 0 spiro atoms. The number of piperazine rings is 1. The van der Waals surface area contributed by atoms with E-state index in [4.69, 9.17) is 19.2 Å². The predicted octanol–water partition coefficient (Wildman–Crippen LogP) is 4.22. The van der Waals surface area contributed by atoms with E-state index in [1.54, 1.807) is 45.6 Å². The Balaban J connectivity index is 1.39. The predicted molar refractivity (Wildman–Crippen MR) is 145 cm³/mol. The molecule has 37 heavy (non-hydrogen) atoms. The van der Waals surface area contributed by atoms with E-state index in [1.165, 1.54) is 5.56 Å². The second-order valence-corrected chi connectivity index (χ2v) is 8.79. The van der Waals surface area contributed by atoms with E-state index in [2.05, 4.69) is 34.3 Å². The molecule has 0 atom stereocenters. The molecule has 0 bridgehead atoms. The van der Waals surface area contributed by atoms with Crippen LogP contribution in [0.2, 0.25) is 0 Å². The minimum Gasteiger partial charge on any atom is -0.493 e. The first kappa shape index (κ1) is 25.8. The van der Waals surface area contributed by atoms with Crippen molar-refractivity contribution in [2.24, 2.45) is 0 Å². The lowest BCUT2D eigenvalue weighted by Gasteiger charge is -2.34. The van der Waals surface area contributed by atoms with E-state index in [1.807, 2.05) is 30.0 Å². The summed E-state index contributed by atoms with van der Waals surface area (Å²) in [6, 6.07) is 13.7. The average molecular weight is 504 g/mol. The third kappa shape index (κ3) is 6.30. The minimum absolute atomic E-state index is 0.0553. The van der Waals surface area contributed by atoms with Crippen molar-refractivity contribution in [1.82, 2.24) is 14.9 Å². The van der Waals surface area contributed by atoms with Gasteiger partial charge in [0, 0.05) is 49.7 Å². The molecule has 3 aromatic rings. The summed E-state index contributed by atoms with van der Waals surface area (Å²) in [5.41, 5.74) is 3.84. The summed E-state index contributed by atoms with van der Waals surface area (Å²) in [5.74, 6) is 2.95. The van der Waals surface area contributed by atoms with E-state index in [0.29, 0.717) is 49.4 Å². The number of amides is 1. The van der Waals surface area contributed by atoms with Gasteiger partial charge in [0.05, 0.1) is 21.3 Å². The van der Waals surface area contributed by atoms with Crippen molar-refractivity contribution in [3.8, 4) is 17.2 Å². The van der Waals surface area contributed by atoms with Crippen molar-refractivity contribution >= 4 is 29.4 Å². The molecule has 0 radical (unpaired) electrons. The normalized spacial score (nSPS) is 13.5. The fourth-order valence-corrected chi connectivity index (χ4v) is 4.14. The number of aryl methyl sites for hydroxylation is 2. The molecule has 1 saturated heterocycles. The van der Waals surface area contributed by atoms with Crippen LogP contribution in [0, 0.1) is 13.8 Å². The van der Waals surface area contributed by atoms with Gasteiger partial charge >= 0.3 is 0 Å². The maximum Gasteiger partial charge on any atom is 0.246 e. The molecule has 0 saturated carbocycles. The van der Waals surface area contributed by atoms with Crippen molar-refractivity contribution in [2.45, 2.75) is 13.8 Å². The number of hydrogen-bond donors (Lipinski definition) is 1. The molecule has 0 aliphatic carbocycles. The Morgan fingerprint density at radius 1 is 0.892 bits per heavy atom. The van der Waals surface area contributed by atoms with E-state index < -0.39 is 0 Å². The molecule has 4 rings (SSSR count). The van der Waals surface area contributed by atoms with Gasteiger partial charge in [0.25, 0.3) is 0 Å². The molecule has 2 aromatic carbocycles. The number of nitrogens with zero attached hydrogens (tertiary/aromatic N) is 4. The molecular formula is C28H33N5O4. The largest absolute Gasteiger partial charge is 0.493 e. The Bertz CT molecular complexity index is 1240. The number of carbonyl (C=O) groups excluding carboxylic acids is 1. The smallest absolute Gasteiger partial charge is 0.246 e. The molecule has 1 aromatic heterocycles. The van der Waals surface area contributed by atoms with E-state index >= 15 is 0 Å². The summed E-state index contributed by atoms with van der Waals surface area (Å²) in [6.45, 7) is 6.48. The number of hydrogen-bond acceptors (Lipinski definition) is 8. The molecule has 194 valence electrons. The zero-order valence-electron chi connectivity index (χ0n) is 21.9. The van der Waals surface area contributed by atoms with Gasteiger partial charge in [-0.25, -0.2) is 4.98 Å². The van der Waals surface area contributed by atoms with Crippen LogP contribution in [0.3, 0.4) is 0 Å². The van der Waals surface area contributed by atoms with Gasteiger partial charge in [0.15, 0.2) is 11.5 Å². The van der Waals surface area contributed by atoms with Crippen molar-refractivity contribution in [2.75, 3.05) is 57.7 Å². The summed E-state index contributed by atoms with van der Waals surface area (Å²) < 4.78 is 16.2. The second-order valence-electron chi connectivity index (χ2n) is 8.79. The molecule has 9 heteroatoms. The van der Waals surface area contributed by atoms with Gasteiger partial charge in [0.2, 0.25) is 17.6 Å². The highest BCUT2D eigenvalue weighted by Crippen LogP contribution is 2.38. The van der Waals surface area contributed by atoms with Crippen molar-refractivity contribution < 1.29 is 19.0 Å². The van der Waals surface area contributed by atoms with Crippen LogP contribution in [0.1, 0.15) is 16.8 Å². The highest BCUT2D eigenvalue weighted by Gasteiger charge is 2.22. The first-order chi connectivity index (χ1) is 17.9. The highest BCUT2D eigenvalue weighted by atomic mass is 16.5. The zero-order chi connectivity index (χ0) is 26.4. The minimum atomic E-state index is -0.0553. The number of anilines is 3. The summed E-state index contributed by atoms with van der Waals surface area (Å²) >= 11 is 0. The lowest BCUT2D eigenvalue weighted by atomic mass is 10.1. The lowest BCUT2D eigenvalue weighted by molar-refractivity contribution is -0.126. The molecule has 1 N–H and O–H groups in total. The Hall–Kier alpha value is -4.27. The first-order valence-electron chi connectivity index (χ1n) is 12.1. The molecule has 1 fully saturated rings. The summed E-state index contributed by atoms with van der Waals surface area (Å²) in [7, 11) is 4.69. The van der Waals surface area contributed by atoms with Crippen LogP contribution in [0.4, 0.5) is 17.5 Å². The number of rotatable bonds is 8. The molecule has 0 unspecified atom stereocenters. The topological polar surface area (TPSA) is 89.1 Å². The number of benzene rings is 2. The van der Waals surface area contributed by atoms with Crippen LogP contribution >= 0.6 is 0 Å². The maximum absolute atomic E-state index is 12.9. The summed E-state index contributed by atoms with van der Waals surface area (Å²) in [4.78, 5) is 26.2. The van der Waals surface area contributed by atoms with Crippen LogP contribution in [-0.2, 0) is 4.79 Å². The fraction of sp³-hybridized carbons (Fsp3) is 0.321. The standard InChI is InChI=1S/C28H33N5O4/c1-19-6-9-22(10-7-19)30-25-16-20(2)29-28(31-25)33-14-12-32(13-15-33)26(34)11-8-21-17-23(35-3)27(37-5)24(18-21)36-4/h6-11,16-18H,12-15H2,1-5H3,(H,29,30,31)/b11-8+. The molecule has 1 aliphatic rings. The van der Waals surface area contributed by atoms with Gasteiger partial charge in [-0.15, -0.1) is 0 Å². The van der Waals surface area contributed by atoms with Gasteiger partial charge in [-0.3, -0.25) is 4.79 Å². The van der Waals surface area contributed by atoms with Crippen LogP contribution in [0.15, 0.2) is 48.5 Å². The number of aromatic nitrogens is 2. The number of carbonyl (C=O) groups is 1. The zero-order valence-corrected chi connectivity index (χ0v) is 21.9. The highest BCUT2D eigenvalue weighted by molar-refractivity contribution is 5.92. The number of ether oxygens (including phenoxy) is 3. The van der Waals surface area contributed by atoms with Crippen LogP contribution in [0.5, 0.6) is 17.2 Å². The maximum atomic E-state index is 12.9. The van der Waals surface area contributed by atoms with E-state index in [0.717, 1.165) is 22.8 Å². The van der Waals surface area contributed by atoms with Crippen LogP contribution in [0.25, 0.3) is 6.08 Å². The van der Waals surface area contributed by atoms with Gasteiger partial charge in [-0.2, -0.15) is 4.98 Å². The number of nitrogens with one attached hydrogen (secondary N) is 1. The fourth-order valence-electron chi connectivity index (χ4n) is 4.14. The summed E-state index contributed by atoms with van der Waals surface area (Å²) in [6.07, 6.45) is 3.33. The van der Waals surface area contributed by atoms with Gasteiger partial charge in [-0.1, -0.05) is 17.7 Å². The summed E-state index contributed by atoms with van der Waals surface area (Å²) in [5, 5.41) is 3.36. The second kappa shape index (κ2) is 11.6. The van der Waals surface area contributed by atoms with E-state index in [9.17, 15) is 4.79 Å². The monoisotopic (exact) mass is 503 g/mol. The van der Waals surface area contributed by atoms with Crippen molar-refractivity contribution in [1.29, 1.82) is 0 Å². The van der Waals surface area contributed by atoms with Gasteiger partial charge in [0.1, 0.15) is 5.82 Å². The van der Waals surface area contributed by atoms with E-state index in [-0.39, 0.29) is 5.91 Å². The quantitative estimate of drug-likeness (QED) is 0.457. The Kier molecular flexibility index (Phi) is 8.12. The first-order valence-corrected chi connectivity index (χ1v) is 12.1. The Morgan fingerprint density at radius 2 is 1.54 bits per heavy atom. The SMILES string of the molecule is COc1cc(/C=C/C(=O)N2CCN(c3nc(C)cc(Nc4ccc(C)cc4)n3)CC2)cc(OC)c1OC. The molecule has 1 amide bonds. The van der Waals surface area contributed by atoms with Gasteiger partial charge in [-0.05, 0) is 49.8 Å². The molecule has 1 aliphatic heterocycles. The lowest BCUT2D eigenvalue weighted by Crippen LogP contribution is -2.48. The van der Waals surface area contributed by atoms with Crippen molar-refractivity contribution in [3.05, 3.63) is 65.4 Å². The van der Waals surface area contributed by atoms with Crippen LogP contribution in [-0.4, -0.2) is 68.3 Å². The third-order valence-corrected chi connectivity index (χ3v) is 6.15. The third-order valence-electron chi connectivity index (χ3n) is 6.15. The molecular weight excluding hydrogens is 470 g/mol.